The molecule has 0 N–H and O–H groups in total. The molecule has 0 aliphatic carbocycles. The molecule has 1 heterocycles. The molecule has 0 bridgehead atoms. The van der Waals surface area contributed by atoms with Crippen LogP contribution in [0.5, 0.6) is 5.75 Å². The van der Waals surface area contributed by atoms with Gasteiger partial charge in [-0.2, -0.15) is 0 Å². The molecule has 0 aromatic heterocycles. The Kier molecular flexibility index (Phi) is 5.82. The topological polar surface area (TPSA) is 63.2 Å². The van der Waals surface area contributed by atoms with Crippen LogP contribution in [0.3, 0.4) is 0 Å². The van der Waals surface area contributed by atoms with Gasteiger partial charge in [0.1, 0.15) is 5.75 Å². The molecule has 1 saturated heterocycles. The molecule has 2 rings (SSSR count). The summed E-state index contributed by atoms with van der Waals surface area (Å²) in [7, 11) is -3.63. The molecule has 0 atom stereocenters. The number of phosphoric ester groups is 1. The van der Waals surface area contributed by atoms with Crippen molar-refractivity contribution in [1.29, 1.82) is 0 Å². The summed E-state index contributed by atoms with van der Waals surface area (Å²) in [6.45, 7) is 1.87. The Bertz CT molecular complexity index is 394. The van der Waals surface area contributed by atoms with Gasteiger partial charge < -0.3 is 14.0 Å². The van der Waals surface area contributed by atoms with E-state index in [0.29, 0.717) is 32.2 Å². The molecule has 1 aromatic rings. The van der Waals surface area contributed by atoms with Gasteiger partial charge in [0.2, 0.25) is 0 Å². The molecule has 1 aliphatic rings. The smallest absolute Gasteiger partial charge is 0.404 e. The van der Waals surface area contributed by atoms with Crippen molar-refractivity contribution in [2.45, 2.75) is 0 Å². The van der Waals surface area contributed by atoms with Gasteiger partial charge in [0.15, 0.2) is 0 Å². The molecule has 0 unspecified atom stereocenters. The fourth-order valence-electron chi connectivity index (χ4n) is 1.44. The average Bonchev–Trinajstić information content (AvgIpc) is 2.46. The lowest BCUT2D eigenvalue weighted by molar-refractivity contribution is 0.0375. The largest absolute Gasteiger partial charge is 0.530 e. The summed E-state index contributed by atoms with van der Waals surface area (Å²) in [4.78, 5) is 0. The number of hydrogen-bond donors (Lipinski definition) is 0. The standard InChI is InChI=1S/C12H17O6P/c13-19(18-12-4-2-1-3-5-12)16-10-8-14-6-7-15-9-11-17-19/h1-5H,6-11H2. The molecule has 1 aromatic carbocycles. The molecule has 19 heavy (non-hydrogen) atoms. The maximum Gasteiger partial charge on any atom is 0.530 e. The monoisotopic (exact) mass is 288 g/mol. The first-order valence-corrected chi connectivity index (χ1v) is 7.54. The van der Waals surface area contributed by atoms with Gasteiger partial charge in [-0.15, -0.1) is 0 Å². The Morgan fingerprint density at radius 1 is 0.842 bits per heavy atom. The molecule has 7 heteroatoms. The van der Waals surface area contributed by atoms with Gasteiger partial charge in [-0.3, -0.25) is 9.05 Å². The first-order chi connectivity index (χ1) is 9.29. The minimum absolute atomic E-state index is 0.143. The molecule has 0 spiro atoms. The highest BCUT2D eigenvalue weighted by atomic mass is 31.2. The summed E-state index contributed by atoms with van der Waals surface area (Å²) in [5.74, 6) is 0.433. The lowest BCUT2D eigenvalue weighted by Gasteiger charge is -2.17. The van der Waals surface area contributed by atoms with E-state index in [0.717, 1.165) is 0 Å². The van der Waals surface area contributed by atoms with Crippen LogP contribution in [-0.4, -0.2) is 39.6 Å². The predicted octanol–water partition coefficient (Wildman–Crippen LogP) is 2.25. The van der Waals surface area contributed by atoms with E-state index in [9.17, 15) is 4.57 Å². The number of para-hydroxylation sites is 1. The maximum absolute atomic E-state index is 12.4. The van der Waals surface area contributed by atoms with E-state index in [4.69, 9.17) is 23.0 Å². The third-order valence-electron chi connectivity index (χ3n) is 2.29. The summed E-state index contributed by atoms with van der Waals surface area (Å²) < 4.78 is 38.5. The van der Waals surface area contributed by atoms with Crippen LogP contribution in [0.15, 0.2) is 30.3 Å². The molecule has 106 valence electrons. The van der Waals surface area contributed by atoms with Crippen molar-refractivity contribution < 1.29 is 27.6 Å². The van der Waals surface area contributed by atoms with E-state index < -0.39 is 7.82 Å². The molecule has 6 nitrogen and oxygen atoms in total. The normalized spacial score (nSPS) is 21.3. The summed E-state index contributed by atoms with van der Waals surface area (Å²) in [6, 6.07) is 8.76. The van der Waals surface area contributed by atoms with E-state index in [-0.39, 0.29) is 13.2 Å². The molecule has 0 saturated carbocycles. The molecule has 1 fully saturated rings. The van der Waals surface area contributed by atoms with Gasteiger partial charge in [0.25, 0.3) is 0 Å². The second kappa shape index (κ2) is 7.62. The van der Waals surface area contributed by atoms with Crippen LogP contribution in [0.25, 0.3) is 0 Å². The van der Waals surface area contributed by atoms with Crippen LogP contribution in [0.1, 0.15) is 0 Å². The maximum atomic E-state index is 12.4. The Balaban J connectivity index is 1.97. The van der Waals surface area contributed by atoms with Gasteiger partial charge in [-0.1, -0.05) is 18.2 Å². The zero-order valence-corrected chi connectivity index (χ0v) is 11.4. The third kappa shape index (κ3) is 5.30. The Labute approximate surface area is 112 Å². The number of ether oxygens (including phenoxy) is 2. The zero-order valence-electron chi connectivity index (χ0n) is 10.5. The highest BCUT2D eigenvalue weighted by molar-refractivity contribution is 7.48. The average molecular weight is 288 g/mol. The number of benzene rings is 1. The van der Waals surface area contributed by atoms with E-state index in [1.54, 1.807) is 24.3 Å². The number of phosphoric acid groups is 1. The van der Waals surface area contributed by atoms with Crippen LogP contribution in [0, 0.1) is 0 Å². The summed E-state index contributed by atoms with van der Waals surface area (Å²) in [6.07, 6.45) is 0. The highest BCUT2D eigenvalue weighted by Gasteiger charge is 2.28. The quantitative estimate of drug-likeness (QED) is 0.778. The Morgan fingerprint density at radius 2 is 1.37 bits per heavy atom. The van der Waals surface area contributed by atoms with Crippen molar-refractivity contribution >= 4 is 7.82 Å². The minimum atomic E-state index is -3.63. The summed E-state index contributed by atoms with van der Waals surface area (Å²) in [5, 5.41) is 0. The van der Waals surface area contributed by atoms with E-state index in [2.05, 4.69) is 0 Å². The van der Waals surface area contributed by atoms with Crippen molar-refractivity contribution in [2.75, 3.05) is 39.6 Å². The molecular formula is C12H17O6P. The van der Waals surface area contributed by atoms with Crippen LogP contribution in [0.4, 0.5) is 0 Å². The Morgan fingerprint density at radius 3 is 1.95 bits per heavy atom. The van der Waals surface area contributed by atoms with E-state index in [1.807, 2.05) is 6.07 Å². The summed E-state index contributed by atoms with van der Waals surface area (Å²) >= 11 is 0. The van der Waals surface area contributed by atoms with Crippen LogP contribution < -0.4 is 4.52 Å². The van der Waals surface area contributed by atoms with Crippen molar-refractivity contribution in [3.05, 3.63) is 30.3 Å². The number of hydrogen-bond acceptors (Lipinski definition) is 6. The first kappa shape index (κ1) is 14.5. The summed E-state index contributed by atoms with van der Waals surface area (Å²) in [5.41, 5.74) is 0. The van der Waals surface area contributed by atoms with Gasteiger partial charge >= 0.3 is 7.82 Å². The molecular weight excluding hydrogens is 271 g/mol. The lowest BCUT2D eigenvalue weighted by atomic mass is 10.3. The van der Waals surface area contributed by atoms with Crippen molar-refractivity contribution in [2.24, 2.45) is 0 Å². The zero-order chi connectivity index (χ0) is 13.4. The SMILES string of the molecule is O=P1(Oc2ccccc2)OCCOCCOCCO1. The van der Waals surface area contributed by atoms with Crippen molar-refractivity contribution in [3.63, 3.8) is 0 Å². The third-order valence-corrected chi connectivity index (χ3v) is 3.72. The van der Waals surface area contributed by atoms with E-state index >= 15 is 0 Å². The molecule has 0 radical (unpaired) electrons. The van der Waals surface area contributed by atoms with Crippen LogP contribution in [-0.2, 0) is 23.1 Å². The highest BCUT2D eigenvalue weighted by Crippen LogP contribution is 2.49. The second-order valence-electron chi connectivity index (χ2n) is 3.74. The first-order valence-electron chi connectivity index (χ1n) is 6.08. The predicted molar refractivity (Wildman–Crippen MR) is 68.2 cm³/mol. The van der Waals surface area contributed by atoms with Crippen LogP contribution >= 0.6 is 7.82 Å². The molecule has 0 amide bonds. The van der Waals surface area contributed by atoms with Gasteiger partial charge in [0, 0.05) is 0 Å². The molecule has 1 aliphatic heterocycles. The second-order valence-corrected chi connectivity index (χ2v) is 5.34. The van der Waals surface area contributed by atoms with Gasteiger partial charge in [0.05, 0.1) is 39.6 Å². The van der Waals surface area contributed by atoms with Crippen LogP contribution in [0.2, 0.25) is 0 Å². The van der Waals surface area contributed by atoms with E-state index in [1.165, 1.54) is 0 Å². The number of rotatable bonds is 2. The fraction of sp³-hybridized carbons (Fsp3) is 0.500. The van der Waals surface area contributed by atoms with Crippen molar-refractivity contribution in [3.8, 4) is 5.75 Å². The minimum Gasteiger partial charge on any atom is -0.404 e. The fourth-order valence-corrected chi connectivity index (χ4v) is 2.59. The lowest BCUT2D eigenvalue weighted by Crippen LogP contribution is -2.08. The van der Waals surface area contributed by atoms with Gasteiger partial charge in [-0.05, 0) is 12.1 Å². The Hall–Kier alpha value is -0.910. The van der Waals surface area contributed by atoms with Gasteiger partial charge in [-0.25, -0.2) is 4.57 Å². The van der Waals surface area contributed by atoms with Crippen molar-refractivity contribution in [1.82, 2.24) is 0 Å².